The molecule has 2 heteroatoms. The molecule has 2 rings (SSSR count). The van der Waals surface area contributed by atoms with Crippen molar-refractivity contribution in [3.8, 4) is 6.07 Å². The molecule has 76 valence electrons. The third-order valence-corrected chi connectivity index (χ3v) is 2.78. The van der Waals surface area contributed by atoms with Crippen molar-refractivity contribution >= 4 is 10.9 Å². The van der Waals surface area contributed by atoms with Crippen LogP contribution in [0.5, 0.6) is 0 Å². The van der Waals surface area contributed by atoms with Gasteiger partial charge in [-0.1, -0.05) is 13.8 Å². The quantitative estimate of drug-likeness (QED) is 0.691. The van der Waals surface area contributed by atoms with Gasteiger partial charge in [-0.05, 0) is 29.7 Å². The van der Waals surface area contributed by atoms with Gasteiger partial charge in [-0.2, -0.15) is 5.26 Å². The van der Waals surface area contributed by atoms with Crippen LogP contribution in [-0.2, 0) is 7.05 Å². The van der Waals surface area contributed by atoms with E-state index in [1.807, 2.05) is 23.9 Å². The predicted octanol–water partition coefficient (Wildman–Crippen LogP) is 3.17. The lowest BCUT2D eigenvalue weighted by Crippen LogP contribution is -1.92. The van der Waals surface area contributed by atoms with E-state index in [0.29, 0.717) is 5.92 Å². The molecule has 2 nitrogen and oxygen atoms in total. The van der Waals surface area contributed by atoms with E-state index in [-0.39, 0.29) is 0 Å². The van der Waals surface area contributed by atoms with Crippen molar-refractivity contribution in [2.24, 2.45) is 7.05 Å². The highest BCUT2D eigenvalue weighted by molar-refractivity contribution is 5.86. The van der Waals surface area contributed by atoms with Crippen molar-refractivity contribution in [2.45, 2.75) is 19.8 Å². The Morgan fingerprint density at radius 2 is 2.07 bits per heavy atom. The van der Waals surface area contributed by atoms with E-state index in [9.17, 15) is 0 Å². The molecule has 0 N–H and O–H groups in total. The summed E-state index contributed by atoms with van der Waals surface area (Å²) in [6.45, 7) is 4.29. The zero-order valence-electron chi connectivity index (χ0n) is 9.28. The minimum Gasteiger partial charge on any atom is -0.349 e. The van der Waals surface area contributed by atoms with Crippen molar-refractivity contribution in [3.63, 3.8) is 0 Å². The lowest BCUT2D eigenvalue weighted by Gasteiger charge is -2.07. The minimum absolute atomic E-state index is 0.460. The van der Waals surface area contributed by atoms with Crippen LogP contribution in [0.15, 0.2) is 24.4 Å². The van der Waals surface area contributed by atoms with E-state index in [1.165, 1.54) is 5.56 Å². The second-order valence-electron chi connectivity index (χ2n) is 4.20. The molecule has 1 aromatic carbocycles. The molecule has 0 saturated heterocycles. The zero-order chi connectivity index (χ0) is 11.0. The Kier molecular flexibility index (Phi) is 2.24. The molecule has 0 bridgehead atoms. The van der Waals surface area contributed by atoms with E-state index in [0.717, 1.165) is 16.5 Å². The van der Waals surface area contributed by atoms with E-state index in [4.69, 9.17) is 5.26 Å². The van der Waals surface area contributed by atoms with Crippen LogP contribution in [0.2, 0.25) is 0 Å². The second-order valence-corrected chi connectivity index (χ2v) is 4.20. The summed E-state index contributed by atoms with van der Waals surface area (Å²) < 4.78 is 2.00. The highest BCUT2D eigenvalue weighted by Gasteiger charge is 2.08. The van der Waals surface area contributed by atoms with Crippen molar-refractivity contribution in [2.75, 3.05) is 0 Å². The summed E-state index contributed by atoms with van der Waals surface area (Å²) in [5.41, 5.74) is 3.02. The SMILES string of the molecule is CC(C)c1cc(C#N)c2c(ccn2C)c1. The summed E-state index contributed by atoms with van der Waals surface area (Å²) in [6, 6.07) is 8.49. The second kappa shape index (κ2) is 3.43. The smallest absolute Gasteiger partial charge is 0.101 e. The van der Waals surface area contributed by atoms with Crippen LogP contribution in [0.4, 0.5) is 0 Å². The van der Waals surface area contributed by atoms with Crippen molar-refractivity contribution in [3.05, 3.63) is 35.5 Å². The van der Waals surface area contributed by atoms with Gasteiger partial charge in [0, 0.05) is 18.6 Å². The Hall–Kier alpha value is -1.75. The van der Waals surface area contributed by atoms with Gasteiger partial charge in [-0.15, -0.1) is 0 Å². The lowest BCUT2D eigenvalue weighted by molar-refractivity contribution is 0.867. The molecule has 0 aliphatic heterocycles. The predicted molar refractivity (Wildman–Crippen MR) is 61.7 cm³/mol. The third kappa shape index (κ3) is 1.50. The maximum Gasteiger partial charge on any atom is 0.101 e. The van der Waals surface area contributed by atoms with Crippen LogP contribution < -0.4 is 0 Å². The number of rotatable bonds is 1. The van der Waals surface area contributed by atoms with Gasteiger partial charge in [-0.3, -0.25) is 0 Å². The largest absolute Gasteiger partial charge is 0.349 e. The lowest BCUT2D eigenvalue weighted by atomic mass is 9.99. The number of fused-ring (bicyclic) bond motifs is 1. The van der Waals surface area contributed by atoms with Crippen LogP contribution in [0, 0.1) is 11.3 Å². The van der Waals surface area contributed by atoms with E-state index in [1.54, 1.807) is 0 Å². The molecule has 0 unspecified atom stereocenters. The fourth-order valence-corrected chi connectivity index (χ4v) is 1.89. The Morgan fingerprint density at radius 3 is 2.67 bits per heavy atom. The van der Waals surface area contributed by atoms with Gasteiger partial charge in [0.15, 0.2) is 0 Å². The summed E-state index contributed by atoms with van der Waals surface area (Å²) in [5.74, 6) is 0.460. The van der Waals surface area contributed by atoms with Crippen LogP contribution in [-0.4, -0.2) is 4.57 Å². The molecular formula is C13H14N2. The summed E-state index contributed by atoms with van der Waals surface area (Å²) in [5, 5.41) is 10.3. The van der Waals surface area contributed by atoms with Crippen molar-refractivity contribution in [1.82, 2.24) is 4.57 Å². The van der Waals surface area contributed by atoms with Crippen molar-refractivity contribution < 1.29 is 0 Å². The maximum absolute atomic E-state index is 9.12. The first kappa shape index (κ1) is 9.79. The molecule has 0 aliphatic rings. The number of hydrogen-bond donors (Lipinski definition) is 0. The number of aryl methyl sites for hydroxylation is 1. The normalized spacial score (nSPS) is 10.9. The number of benzene rings is 1. The molecule has 0 saturated carbocycles. The zero-order valence-corrected chi connectivity index (χ0v) is 9.28. The number of hydrogen-bond acceptors (Lipinski definition) is 1. The molecule has 0 spiro atoms. The first-order valence-corrected chi connectivity index (χ1v) is 5.12. The molecule has 0 fully saturated rings. The highest BCUT2D eigenvalue weighted by Crippen LogP contribution is 2.25. The molecular weight excluding hydrogens is 184 g/mol. The Bertz CT molecular complexity index is 541. The molecule has 0 radical (unpaired) electrons. The summed E-state index contributed by atoms with van der Waals surface area (Å²) in [7, 11) is 1.97. The van der Waals surface area contributed by atoms with Gasteiger partial charge < -0.3 is 4.57 Å². The number of nitriles is 1. The van der Waals surface area contributed by atoms with Crippen molar-refractivity contribution in [1.29, 1.82) is 5.26 Å². The monoisotopic (exact) mass is 198 g/mol. The number of aromatic nitrogens is 1. The van der Waals surface area contributed by atoms with Crippen LogP contribution in [0.1, 0.15) is 30.9 Å². The topological polar surface area (TPSA) is 28.7 Å². The summed E-state index contributed by atoms with van der Waals surface area (Å²) >= 11 is 0. The van der Waals surface area contributed by atoms with Crippen LogP contribution in [0.3, 0.4) is 0 Å². The molecule has 0 aliphatic carbocycles. The van der Waals surface area contributed by atoms with E-state index >= 15 is 0 Å². The van der Waals surface area contributed by atoms with Gasteiger partial charge in [0.05, 0.1) is 11.1 Å². The fourth-order valence-electron chi connectivity index (χ4n) is 1.89. The van der Waals surface area contributed by atoms with Gasteiger partial charge in [0.2, 0.25) is 0 Å². The van der Waals surface area contributed by atoms with Crippen LogP contribution in [0.25, 0.3) is 10.9 Å². The summed E-state index contributed by atoms with van der Waals surface area (Å²) in [4.78, 5) is 0. The summed E-state index contributed by atoms with van der Waals surface area (Å²) in [6.07, 6.45) is 2.00. The van der Waals surface area contributed by atoms with E-state index in [2.05, 4.69) is 32.0 Å². The molecule has 15 heavy (non-hydrogen) atoms. The Morgan fingerprint density at radius 1 is 1.33 bits per heavy atom. The van der Waals surface area contributed by atoms with Crippen LogP contribution >= 0.6 is 0 Å². The van der Waals surface area contributed by atoms with Gasteiger partial charge in [0.25, 0.3) is 0 Å². The van der Waals surface area contributed by atoms with Gasteiger partial charge in [-0.25, -0.2) is 0 Å². The standard InChI is InChI=1S/C13H14N2/c1-9(2)11-6-10-4-5-15(3)13(10)12(7-11)8-14/h4-7,9H,1-3H3. The average Bonchev–Trinajstić information content (AvgIpc) is 2.59. The first-order chi connectivity index (χ1) is 7.13. The molecule has 1 aromatic heterocycles. The molecule has 1 heterocycles. The van der Waals surface area contributed by atoms with Gasteiger partial charge in [0.1, 0.15) is 6.07 Å². The average molecular weight is 198 g/mol. The molecule has 0 amide bonds. The third-order valence-electron chi connectivity index (χ3n) is 2.78. The molecule has 2 aromatic rings. The Balaban J connectivity index is 2.80. The number of nitrogens with zero attached hydrogens (tertiary/aromatic N) is 2. The van der Waals surface area contributed by atoms with E-state index < -0.39 is 0 Å². The first-order valence-electron chi connectivity index (χ1n) is 5.12. The molecule has 0 atom stereocenters. The fraction of sp³-hybridized carbons (Fsp3) is 0.308. The highest BCUT2D eigenvalue weighted by atomic mass is 14.9. The Labute approximate surface area is 89.7 Å². The maximum atomic E-state index is 9.12. The van der Waals surface area contributed by atoms with Gasteiger partial charge >= 0.3 is 0 Å². The minimum atomic E-state index is 0.460.